The zero-order valence-electron chi connectivity index (χ0n) is 65.0. The Hall–Kier alpha value is -2.02. The van der Waals surface area contributed by atoms with Crippen molar-refractivity contribution in [3.8, 4) is 0 Å². The molecule has 0 aliphatic carbocycles. The molecule has 1 aromatic rings. The highest BCUT2D eigenvalue weighted by Gasteiger charge is 2.29. The van der Waals surface area contributed by atoms with E-state index in [2.05, 4.69) is 6.92 Å². The molecule has 31 heteroatoms. The van der Waals surface area contributed by atoms with Crippen molar-refractivity contribution in [3.63, 3.8) is 0 Å². The smallest absolute Gasteiger partial charge is 0.113 e. The topological polar surface area (TPSA) is 308 Å². The van der Waals surface area contributed by atoms with E-state index in [0.717, 1.165) is 18.4 Å². The van der Waals surface area contributed by atoms with Crippen LogP contribution in [0.2, 0.25) is 0 Å². The van der Waals surface area contributed by atoms with Crippen LogP contribution >= 0.6 is 0 Å². The third-order valence-electron chi connectivity index (χ3n) is 14.5. The van der Waals surface area contributed by atoms with Gasteiger partial charge in [0, 0.05) is 0 Å². The van der Waals surface area contributed by atoms with Crippen molar-refractivity contribution in [2.75, 3.05) is 390 Å². The molecule has 0 saturated carbocycles. The predicted molar refractivity (Wildman–Crippen MR) is 394 cm³/mol. The second-order valence-corrected chi connectivity index (χ2v) is 23.2. The van der Waals surface area contributed by atoms with Crippen LogP contribution in [0.25, 0.3) is 0 Å². The largest absolute Gasteiger partial charge is 0.394 e. The van der Waals surface area contributed by atoms with E-state index in [1.807, 2.05) is 30.3 Å². The van der Waals surface area contributed by atoms with Gasteiger partial charge < -0.3 is 148 Å². The van der Waals surface area contributed by atoms with Crippen LogP contribution in [0.4, 0.5) is 0 Å². The summed E-state index contributed by atoms with van der Waals surface area (Å²) in [5, 5.41) is 20.1. The van der Waals surface area contributed by atoms with Gasteiger partial charge in [-0.1, -0.05) is 82.2 Å². The molecule has 0 heterocycles. The number of unbranched alkanes of at least 4 members (excludes halogenated alkanes) is 6. The summed E-state index contributed by atoms with van der Waals surface area (Å²) in [4.78, 5) is 0. The molecule has 1 aromatic carbocycles. The van der Waals surface area contributed by atoms with Gasteiger partial charge >= 0.3 is 0 Å². The summed E-state index contributed by atoms with van der Waals surface area (Å²) in [6.45, 7) is 29.6. The Morgan fingerprint density at radius 2 is 0.349 bits per heavy atom. The predicted octanol–water partition coefficient (Wildman–Crippen LogP) is 4.49. The van der Waals surface area contributed by atoms with Crippen LogP contribution in [0.1, 0.15) is 63.9 Å². The number of aliphatic hydroxyl groups is 2. The summed E-state index contributed by atoms with van der Waals surface area (Å²) in [7, 11) is 0. The van der Waals surface area contributed by atoms with Crippen molar-refractivity contribution < 1.29 is 148 Å². The fourth-order valence-corrected chi connectivity index (χ4v) is 8.89. The molecule has 0 radical (unpaired) electrons. The quantitative estimate of drug-likeness (QED) is 0.0849. The van der Waals surface area contributed by atoms with Crippen molar-refractivity contribution in [1.29, 1.82) is 0 Å². The van der Waals surface area contributed by atoms with E-state index < -0.39 is 5.60 Å². The number of ether oxygens (including phenoxy) is 29. The summed E-state index contributed by atoms with van der Waals surface area (Å²) >= 11 is 0. The van der Waals surface area contributed by atoms with Gasteiger partial charge in [-0.3, -0.25) is 0 Å². The number of hydrogen-bond acceptors (Lipinski definition) is 31. The van der Waals surface area contributed by atoms with Gasteiger partial charge in [0.05, 0.1) is 390 Å². The van der Waals surface area contributed by atoms with Crippen LogP contribution in [0.3, 0.4) is 0 Å². The molecule has 0 spiro atoms. The highest BCUT2D eigenvalue weighted by molar-refractivity contribution is 5.22. The fraction of sp³-hybridized carbons (Fsp3) is 0.920. The molecule has 1 unspecified atom stereocenters. The van der Waals surface area contributed by atoms with Crippen molar-refractivity contribution in [1.82, 2.24) is 0 Å². The molecule has 0 bridgehead atoms. The second kappa shape index (κ2) is 91.9. The molecule has 630 valence electrons. The Labute approximate surface area is 634 Å². The standard InChI is InChI=1S/C75H144O31/c1-2-3-4-5-6-7-11-14-75(77,74-12-9-8-10-13-74)73-106-72-71-105-70-69-104-68-67-103-66-65-102-64-63-101-62-61-100-60-59-99-58-57-98-56-55-97-54-53-96-52-51-95-50-49-94-48-47-93-46-45-92-44-43-91-42-41-90-40-39-89-38-37-88-36-35-87-34-33-86-32-31-85-30-29-84-28-27-83-26-25-82-24-23-81-22-21-80-20-19-79-18-17-78-16-15-76/h8-10,12-13,76-77H,2-7,11,14-73H2,1H3. The molecule has 0 amide bonds. The first-order valence-electron chi connectivity index (χ1n) is 38.9. The Bertz CT molecular complexity index is 1730. The molecule has 0 fully saturated rings. The highest BCUT2D eigenvalue weighted by atomic mass is 16.6. The number of benzene rings is 1. The van der Waals surface area contributed by atoms with Crippen LogP contribution in [0.15, 0.2) is 30.3 Å². The molecule has 31 nitrogen and oxygen atoms in total. The molecule has 106 heavy (non-hydrogen) atoms. The van der Waals surface area contributed by atoms with Gasteiger partial charge in [-0.15, -0.1) is 0 Å². The minimum atomic E-state index is -0.992. The van der Waals surface area contributed by atoms with Crippen LogP contribution in [-0.4, -0.2) is 400 Å². The molecule has 2 N–H and O–H groups in total. The van der Waals surface area contributed by atoms with Crippen molar-refractivity contribution >= 4 is 0 Å². The van der Waals surface area contributed by atoms with Crippen LogP contribution in [-0.2, 0) is 143 Å². The first kappa shape index (κ1) is 102. The Balaban J connectivity index is 1.62. The Morgan fingerprint density at radius 1 is 0.198 bits per heavy atom. The van der Waals surface area contributed by atoms with E-state index in [4.69, 9.17) is 142 Å². The zero-order valence-corrected chi connectivity index (χ0v) is 65.0. The van der Waals surface area contributed by atoms with Crippen LogP contribution in [0.5, 0.6) is 0 Å². The lowest BCUT2D eigenvalue weighted by atomic mass is 9.89. The summed E-state index contributed by atoms with van der Waals surface area (Å²) in [6.07, 6.45) is 9.11. The lowest BCUT2D eigenvalue weighted by Gasteiger charge is -2.29. The van der Waals surface area contributed by atoms with Gasteiger partial charge in [0.1, 0.15) is 5.60 Å². The number of rotatable bonds is 97. The molecule has 0 aliphatic rings. The van der Waals surface area contributed by atoms with Gasteiger partial charge in [0.15, 0.2) is 0 Å². The zero-order chi connectivity index (χ0) is 75.5. The lowest BCUT2D eigenvalue weighted by Crippen LogP contribution is -2.32. The van der Waals surface area contributed by atoms with Crippen LogP contribution < -0.4 is 0 Å². The first-order valence-corrected chi connectivity index (χ1v) is 38.9. The van der Waals surface area contributed by atoms with Crippen molar-refractivity contribution in [2.45, 2.75) is 63.9 Å². The molecular weight excluding hydrogens is 1400 g/mol. The number of hydrogen-bond donors (Lipinski definition) is 2. The van der Waals surface area contributed by atoms with E-state index in [-0.39, 0.29) is 13.2 Å². The normalized spacial score (nSPS) is 12.4. The van der Waals surface area contributed by atoms with Crippen molar-refractivity contribution in [2.24, 2.45) is 0 Å². The molecule has 0 saturated heterocycles. The minimum absolute atomic E-state index is 0.0161. The maximum Gasteiger partial charge on any atom is 0.113 e. The van der Waals surface area contributed by atoms with Gasteiger partial charge in [-0.25, -0.2) is 0 Å². The monoisotopic (exact) mass is 1540 g/mol. The van der Waals surface area contributed by atoms with Gasteiger partial charge in [-0.05, 0) is 12.0 Å². The summed E-state index contributed by atoms with van der Waals surface area (Å²) < 4.78 is 160. The SMILES string of the molecule is CCCCCCCCCC(O)(COCCOCCOCCOCCOCCOCCOCCOCCOCCOCCOCCOCCOCCOCCOCCOCCOCCOCCOCCOCCOCCOCCOCCOCCOCCOCCOCCOCCOCCO)c1ccccc1. The molecule has 1 atom stereocenters. The highest BCUT2D eigenvalue weighted by Crippen LogP contribution is 2.28. The van der Waals surface area contributed by atoms with E-state index in [1.165, 1.54) is 32.1 Å². The maximum absolute atomic E-state index is 11.5. The molecule has 0 aromatic heterocycles. The third kappa shape index (κ3) is 82.9. The molecular formula is C75H144O31. The van der Waals surface area contributed by atoms with Crippen molar-refractivity contribution in [3.05, 3.63) is 35.9 Å². The second-order valence-electron chi connectivity index (χ2n) is 23.2. The maximum atomic E-state index is 11.5. The summed E-state index contributed by atoms with van der Waals surface area (Å²) in [6, 6.07) is 9.85. The summed E-state index contributed by atoms with van der Waals surface area (Å²) in [5.41, 5.74) is -0.0891. The third-order valence-corrected chi connectivity index (χ3v) is 14.5. The molecule has 1 rings (SSSR count). The average Bonchev–Trinajstić information content (AvgIpc) is 0.839. The van der Waals surface area contributed by atoms with Crippen LogP contribution in [0, 0.1) is 0 Å². The van der Waals surface area contributed by atoms with E-state index in [9.17, 15) is 5.11 Å². The van der Waals surface area contributed by atoms with Gasteiger partial charge in [0.25, 0.3) is 0 Å². The first-order chi connectivity index (χ1) is 52.7. The average molecular weight is 1540 g/mol. The number of aliphatic hydroxyl groups excluding tert-OH is 1. The van der Waals surface area contributed by atoms with Gasteiger partial charge in [0.2, 0.25) is 0 Å². The van der Waals surface area contributed by atoms with E-state index >= 15 is 0 Å². The Kier molecular flexibility index (Phi) is 88.4. The van der Waals surface area contributed by atoms with Gasteiger partial charge in [-0.2, -0.15) is 0 Å². The minimum Gasteiger partial charge on any atom is -0.394 e. The lowest BCUT2D eigenvalue weighted by molar-refractivity contribution is -0.0716. The fourth-order valence-electron chi connectivity index (χ4n) is 8.89. The van der Waals surface area contributed by atoms with E-state index in [0.29, 0.717) is 383 Å². The molecule has 0 aliphatic heterocycles. The van der Waals surface area contributed by atoms with E-state index in [1.54, 1.807) is 0 Å². The summed E-state index contributed by atoms with van der Waals surface area (Å²) in [5.74, 6) is 0. The Morgan fingerprint density at radius 3 is 0.519 bits per heavy atom.